The molecule has 1 aliphatic heterocycles. The second-order valence-corrected chi connectivity index (χ2v) is 21.3. The minimum Gasteiger partial charge on any atom is -0.414 e. The molecule has 30 heavy (non-hydrogen) atoms. The van der Waals surface area contributed by atoms with Gasteiger partial charge >= 0.3 is 0 Å². The van der Waals surface area contributed by atoms with Crippen LogP contribution in [0.15, 0.2) is 12.7 Å². The maximum absolute atomic E-state index is 11.1. The number of hydrogen-bond donors (Lipinski definition) is 1. The van der Waals surface area contributed by atoms with Crippen LogP contribution >= 0.6 is 0 Å². The van der Waals surface area contributed by atoms with Crippen molar-refractivity contribution < 1.29 is 18.7 Å². The lowest BCUT2D eigenvalue weighted by Crippen LogP contribution is -2.61. The number of fused-ring (bicyclic) bond motifs is 1. The van der Waals surface area contributed by atoms with Crippen molar-refractivity contribution >= 4 is 16.6 Å². The molecule has 1 saturated carbocycles. The quantitative estimate of drug-likeness (QED) is 0.308. The molecule has 0 unspecified atom stereocenters. The Morgan fingerprint density at radius 2 is 1.70 bits per heavy atom. The van der Waals surface area contributed by atoms with Crippen molar-refractivity contribution in [2.75, 3.05) is 6.61 Å². The fraction of sp³-hybridized carbons (Fsp3) is 0.917. The second kappa shape index (κ2) is 8.75. The summed E-state index contributed by atoms with van der Waals surface area (Å²) in [6, 6.07) is 3.34. The van der Waals surface area contributed by atoms with Gasteiger partial charge in [0, 0.05) is 11.8 Å². The van der Waals surface area contributed by atoms with E-state index in [1.165, 1.54) is 0 Å². The van der Waals surface area contributed by atoms with Crippen molar-refractivity contribution in [3.8, 4) is 0 Å². The van der Waals surface area contributed by atoms with Crippen molar-refractivity contribution in [3.05, 3.63) is 12.7 Å². The zero-order valence-corrected chi connectivity index (χ0v) is 23.3. The molecule has 0 aromatic rings. The van der Waals surface area contributed by atoms with Crippen LogP contribution in [0.25, 0.3) is 0 Å². The highest BCUT2D eigenvalue weighted by atomic mass is 28.4. The normalized spacial score (nSPS) is 32.4. The van der Waals surface area contributed by atoms with Gasteiger partial charge in [-0.25, -0.2) is 0 Å². The average Bonchev–Trinajstić information content (AvgIpc) is 2.90. The summed E-state index contributed by atoms with van der Waals surface area (Å²) in [5, 5.41) is 11.2. The van der Waals surface area contributed by atoms with E-state index in [1.54, 1.807) is 0 Å². The highest BCUT2D eigenvalue weighted by molar-refractivity contribution is 6.74. The van der Waals surface area contributed by atoms with Gasteiger partial charge in [0.05, 0.1) is 18.3 Å². The first-order chi connectivity index (χ1) is 13.7. The summed E-state index contributed by atoms with van der Waals surface area (Å²) >= 11 is 0. The van der Waals surface area contributed by atoms with Crippen LogP contribution in [0.5, 0.6) is 0 Å². The van der Waals surface area contributed by atoms with Gasteiger partial charge in [0.15, 0.2) is 22.9 Å². The molecule has 2 fully saturated rings. The summed E-state index contributed by atoms with van der Waals surface area (Å²) in [6.07, 6.45) is 1.95. The van der Waals surface area contributed by atoms with E-state index in [4.69, 9.17) is 13.6 Å². The van der Waals surface area contributed by atoms with Crippen LogP contribution in [0.3, 0.4) is 0 Å². The van der Waals surface area contributed by atoms with Gasteiger partial charge in [-0.3, -0.25) is 0 Å². The third-order valence-electron chi connectivity index (χ3n) is 8.92. The molecule has 0 aromatic carbocycles. The lowest BCUT2D eigenvalue weighted by molar-refractivity contribution is -0.203. The Morgan fingerprint density at radius 3 is 2.07 bits per heavy atom. The van der Waals surface area contributed by atoms with Crippen LogP contribution in [0.1, 0.15) is 61.8 Å². The predicted molar refractivity (Wildman–Crippen MR) is 131 cm³/mol. The van der Waals surface area contributed by atoms with Gasteiger partial charge in [0.25, 0.3) is 0 Å². The summed E-state index contributed by atoms with van der Waals surface area (Å²) in [5.41, 5.74) is -0.493. The van der Waals surface area contributed by atoms with Crippen molar-refractivity contribution in [1.82, 2.24) is 0 Å². The van der Waals surface area contributed by atoms with E-state index < -0.39 is 28.5 Å². The van der Waals surface area contributed by atoms with Gasteiger partial charge in [-0.15, -0.1) is 6.58 Å². The topological polar surface area (TPSA) is 47.9 Å². The van der Waals surface area contributed by atoms with Crippen LogP contribution in [0, 0.1) is 17.3 Å². The highest BCUT2D eigenvalue weighted by Crippen LogP contribution is 2.65. The smallest absolute Gasteiger partial charge is 0.192 e. The molecule has 0 bridgehead atoms. The predicted octanol–water partition coefficient (Wildman–Crippen LogP) is 6.33. The van der Waals surface area contributed by atoms with Crippen molar-refractivity contribution in [2.24, 2.45) is 17.3 Å². The molecule has 2 aliphatic rings. The fourth-order valence-corrected chi connectivity index (χ4v) is 9.36. The summed E-state index contributed by atoms with van der Waals surface area (Å²) in [6.45, 7) is 27.2. The number of hydrogen-bond acceptors (Lipinski definition) is 4. The van der Waals surface area contributed by atoms with Crippen molar-refractivity contribution in [2.45, 2.75) is 116 Å². The van der Waals surface area contributed by atoms with E-state index in [9.17, 15) is 5.11 Å². The number of aliphatic hydroxyl groups is 1. The molecule has 1 heterocycles. The molecular weight excluding hydrogens is 408 g/mol. The standard InChI is InChI=1S/C24H48O4Si2/c1-12-24-18(16-23(24,8)9)20(21(25)27-24)19(28-29(10,11)22(5,6)7)17-26-30(13-2,14-3)15-4/h12,18-21,25H,1,13-17H2,2-11H3/t18-,19-,20+,21-,24+/m1/s1. The lowest BCUT2D eigenvalue weighted by atomic mass is 9.50. The zero-order valence-electron chi connectivity index (χ0n) is 21.3. The van der Waals surface area contributed by atoms with Gasteiger partial charge in [0.2, 0.25) is 0 Å². The van der Waals surface area contributed by atoms with Gasteiger partial charge in [-0.05, 0) is 48.1 Å². The maximum atomic E-state index is 11.1. The van der Waals surface area contributed by atoms with E-state index in [0.717, 1.165) is 24.6 Å². The van der Waals surface area contributed by atoms with E-state index in [0.29, 0.717) is 6.61 Å². The molecule has 176 valence electrons. The van der Waals surface area contributed by atoms with Crippen molar-refractivity contribution in [1.29, 1.82) is 0 Å². The lowest BCUT2D eigenvalue weighted by Gasteiger charge is -2.57. The van der Waals surface area contributed by atoms with Crippen LogP contribution in [0.4, 0.5) is 0 Å². The molecule has 0 spiro atoms. The maximum Gasteiger partial charge on any atom is 0.192 e. The summed E-state index contributed by atoms with van der Waals surface area (Å²) in [5.74, 6) is 0.140. The number of ether oxygens (including phenoxy) is 1. The van der Waals surface area contributed by atoms with Crippen LogP contribution < -0.4 is 0 Å². The molecular formula is C24H48O4Si2. The van der Waals surface area contributed by atoms with Gasteiger partial charge < -0.3 is 18.7 Å². The van der Waals surface area contributed by atoms with Crippen LogP contribution in [0.2, 0.25) is 36.3 Å². The van der Waals surface area contributed by atoms with E-state index in [2.05, 4.69) is 75.1 Å². The van der Waals surface area contributed by atoms with Crippen molar-refractivity contribution in [3.63, 3.8) is 0 Å². The number of rotatable bonds is 10. The van der Waals surface area contributed by atoms with E-state index in [1.807, 2.05) is 6.08 Å². The minimum atomic E-state index is -2.05. The summed E-state index contributed by atoms with van der Waals surface area (Å²) in [7, 11) is -3.80. The molecule has 0 radical (unpaired) electrons. The molecule has 0 aromatic heterocycles. The Kier molecular flexibility index (Phi) is 7.66. The third-order valence-corrected chi connectivity index (χ3v) is 18.1. The molecule has 1 N–H and O–H groups in total. The molecule has 4 nitrogen and oxygen atoms in total. The Morgan fingerprint density at radius 1 is 1.17 bits per heavy atom. The van der Waals surface area contributed by atoms with E-state index in [-0.39, 0.29) is 28.4 Å². The summed E-state index contributed by atoms with van der Waals surface area (Å²) in [4.78, 5) is 0. The van der Waals surface area contributed by atoms with Gasteiger partial charge in [-0.1, -0.05) is 61.5 Å². The Bertz CT molecular complexity index is 601. The van der Waals surface area contributed by atoms with E-state index >= 15 is 0 Å². The minimum absolute atomic E-state index is 0.0215. The molecule has 1 aliphatic carbocycles. The molecule has 1 saturated heterocycles. The first-order valence-corrected chi connectivity index (χ1v) is 17.4. The van der Waals surface area contributed by atoms with Crippen LogP contribution in [-0.2, 0) is 13.6 Å². The molecule has 5 atom stereocenters. The first-order valence-electron chi connectivity index (χ1n) is 12.0. The van der Waals surface area contributed by atoms with Crippen LogP contribution in [-0.4, -0.2) is 46.3 Å². The molecule has 6 heteroatoms. The Balaban J connectivity index is 2.35. The Hall–Kier alpha value is 0.0138. The highest BCUT2D eigenvalue weighted by Gasteiger charge is 2.69. The first kappa shape index (κ1) is 26.3. The zero-order chi connectivity index (χ0) is 23.2. The molecule has 2 rings (SSSR count). The third kappa shape index (κ3) is 4.29. The largest absolute Gasteiger partial charge is 0.414 e. The monoisotopic (exact) mass is 456 g/mol. The number of aliphatic hydroxyl groups excluding tert-OH is 1. The fourth-order valence-electron chi connectivity index (χ4n) is 5.39. The molecule has 0 amide bonds. The Labute approximate surface area is 188 Å². The van der Waals surface area contributed by atoms with Gasteiger partial charge in [0.1, 0.15) is 0 Å². The average molecular weight is 457 g/mol. The SMILES string of the molecule is C=C[C@]12O[C@@H](O)[C@H]([C@@H](CO[Si](CC)(CC)CC)O[Si](C)(C)C(C)(C)C)[C@H]1CC2(C)C. The second-order valence-electron chi connectivity index (χ2n) is 11.7. The summed E-state index contributed by atoms with van der Waals surface area (Å²) < 4.78 is 19.9. The van der Waals surface area contributed by atoms with Gasteiger partial charge in [-0.2, -0.15) is 0 Å².